The maximum atomic E-state index is 5.24. The third-order valence-electron chi connectivity index (χ3n) is 10.1. The molecule has 0 aliphatic carbocycles. The van der Waals surface area contributed by atoms with Crippen molar-refractivity contribution in [1.29, 1.82) is 0 Å². The molecule has 8 aromatic carbocycles. The number of thiophene rings is 1. The van der Waals surface area contributed by atoms with Crippen molar-refractivity contribution in [2.24, 2.45) is 0 Å². The predicted octanol–water partition coefficient (Wildman–Crippen LogP) is 12.8. The fourth-order valence-corrected chi connectivity index (χ4v) is 9.20. The summed E-state index contributed by atoms with van der Waals surface area (Å²) in [5, 5.41) is 7.56. The highest BCUT2D eigenvalue weighted by molar-refractivity contribution is 7.25. The molecular weight excluding hydrogens is 615 g/mol. The number of aromatic nitrogens is 2. The van der Waals surface area contributed by atoms with Crippen molar-refractivity contribution >= 4 is 81.1 Å². The Morgan fingerprint density at radius 3 is 1.82 bits per heavy atom. The third-order valence-corrected chi connectivity index (χ3v) is 11.2. The van der Waals surface area contributed by atoms with E-state index in [9.17, 15) is 0 Å². The van der Waals surface area contributed by atoms with Crippen molar-refractivity contribution in [1.82, 2.24) is 9.55 Å². The van der Waals surface area contributed by atoms with Gasteiger partial charge in [0.2, 0.25) is 0 Å². The normalized spacial score (nSPS) is 12.4. The average Bonchev–Trinajstić information content (AvgIpc) is 3.74. The summed E-state index contributed by atoms with van der Waals surface area (Å²) in [7, 11) is 0. The van der Waals surface area contributed by atoms with E-state index >= 15 is 0 Å². The van der Waals surface area contributed by atoms with Gasteiger partial charge in [0.15, 0.2) is 0 Å². The number of benzene rings is 8. The van der Waals surface area contributed by atoms with E-state index in [4.69, 9.17) is 4.98 Å². The molecule has 1 aliphatic heterocycles. The Hall–Kier alpha value is -6.23. The first-order valence-corrected chi connectivity index (χ1v) is 17.5. The molecule has 0 fully saturated rings. The van der Waals surface area contributed by atoms with E-state index in [0.717, 1.165) is 39.5 Å². The molecule has 1 aliphatic rings. The molecule has 0 unspecified atom stereocenters. The Balaban J connectivity index is 1.24. The van der Waals surface area contributed by atoms with Gasteiger partial charge in [-0.1, -0.05) is 127 Å². The summed E-state index contributed by atoms with van der Waals surface area (Å²) in [6, 6.07) is 59.4. The zero-order chi connectivity index (χ0) is 32.1. The van der Waals surface area contributed by atoms with Crippen LogP contribution in [0.4, 0.5) is 17.1 Å². The third kappa shape index (κ3) is 3.75. The summed E-state index contributed by atoms with van der Waals surface area (Å²) >= 11 is 1.87. The average molecular weight is 642 g/mol. The van der Waals surface area contributed by atoms with E-state index < -0.39 is 0 Å². The predicted molar refractivity (Wildman–Crippen MR) is 208 cm³/mol. The van der Waals surface area contributed by atoms with Crippen molar-refractivity contribution in [2.75, 3.05) is 4.90 Å². The van der Waals surface area contributed by atoms with Crippen molar-refractivity contribution in [2.45, 2.75) is 0 Å². The summed E-state index contributed by atoms with van der Waals surface area (Å²) in [5.74, 6) is 0.955. The summed E-state index contributed by atoms with van der Waals surface area (Å²) in [4.78, 5) is 7.72. The van der Waals surface area contributed by atoms with E-state index in [1.165, 1.54) is 58.5 Å². The van der Waals surface area contributed by atoms with Gasteiger partial charge < -0.3 is 4.90 Å². The Morgan fingerprint density at radius 1 is 0.429 bits per heavy atom. The van der Waals surface area contributed by atoms with E-state index in [-0.39, 0.29) is 0 Å². The van der Waals surface area contributed by atoms with Crippen LogP contribution in [-0.4, -0.2) is 9.55 Å². The van der Waals surface area contributed by atoms with Gasteiger partial charge in [-0.25, -0.2) is 4.98 Å². The van der Waals surface area contributed by atoms with Crippen LogP contribution in [-0.2, 0) is 0 Å². The van der Waals surface area contributed by atoms with Crippen molar-refractivity contribution in [3.8, 4) is 28.2 Å². The van der Waals surface area contributed by atoms with Gasteiger partial charge in [0.05, 0.1) is 33.8 Å². The summed E-state index contributed by atoms with van der Waals surface area (Å²) < 4.78 is 4.99. The highest BCUT2D eigenvalue weighted by atomic mass is 32.1. The van der Waals surface area contributed by atoms with Gasteiger partial charge in [-0.05, 0) is 58.3 Å². The minimum Gasteiger partial charge on any atom is -0.305 e. The lowest BCUT2D eigenvalue weighted by molar-refractivity contribution is 1.07. The van der Waals surface area contributed by atoms with Gasteiger partial charge in [0, 0.05) is 36.5 Å². The van der Waals surface area contributed by atoms with E-state index in [1.807, 2.05) is 11.3 Å². The van der Waals surface area contributed by atoms with Crippen LogP contribution in [0, 0.1) is 0 Å². The number of imidazole rings is 1. The molecule has 0 spiro atoms. The first kappa shape index (κ1) is 26.8. The molecule has 0 radical (unpaired) electrons. The molecule has 11 rings (SSSR count). The lowest BCUT2D eigenvalue weighted by atomic mass is 9.89. The van der Waals surface area contributed by atoms with Gasteiger partial charge in [-0.2, -0.15) is 0 Å². The second-order valence-corrected chi connectivity index (χ2v) is 13.8. The van der Waals surface area contributed by atoms with Gasteiger partial charge in [-0.15, -0.1) is 11.3 Å². The first-order valence-electron chi connectivity index (χ1n) is 16.6. The summed E-state index contributed by atoms with van der Waals surface area (Å²) in [5.41, 5.74) is 10.3. The maximum Gasteiger partial charge on any atom is 0.145 e. The topological polar surface area (TPSA) is 21.1 Å². The second-order valence-electron chi connectivity index (χ2n) is 12.7. The molecule has 2 aromatic heterocycles. The molecule has 3 heterocycles. The fraction of sp³-hybridized carbons (Fsp3) is 0. The van der Waals surface area contributed by atoms with Crippen molar-refractivity contribution in [3.63, 3.8) is 0 Å². The molecule has 0 bridgehead atoms. The summed E-state index contributed by atoms with van der Waals surface area (Å²) in [6.45, 7) is 0. The van der Waals surface area contributed by atoms with Crippen LogP contribution in [0.2, 0.25) is 0 Å². The Bertz CT molecular complexity index is 2900. The summed E-state index contributed by atoms with van der Waals surface area (Å²) in [6.07, 6.45) is 0. The van der Waals surface area contributed by atoms with Crippen LogP contribution in [0.25, 0.3) is 81.0 Å². The zero-order valence-electron chi connectivity index (χ0n) is 26.3. The quantitative estimate of drug-likeness (QED) is 0.179. The van der Waals surface area contributed by atoms with Crippen LogP contribution < -0.4 is 4.90 Å². The van der Waals surface area contributed by atoms with E-state index in [1.54, 1.807) is 0 Å². The number of nitrogens with zero attached hydrogens (tertiary/aromatic N) is 3. The monoisotopic (exact) mass is 641 g/mol. The Kier molecular flexibility index (Phi) is 5.54. The molecule has 0 atom stereocenters. The number of anilines is 3. The van der Waals surface area contributed by atoms with Gasteiger partial charge >= 0.3 is 0 Å². The molecule has 0 saturated carbocycles. The lowest BCUT2D eigenvalue weighted by Gasteiger charge is -2.35. The van der Waals surface area contributed by atoms with Crippen LogP contribution >= 0.6 is 11.3 Å². The minimum atomic E-state index is 0.955. The smallest absolute Gasteiger partial charge is 0.145 e. The van der Waals surface area contributed by atoms with E-state index in [0.29, 0.717) is 0 Å². The second kappa shape index (κ2) is 10.1. The van der Waals surface area contributed by atoms with Crippen LogP contribution in [0.1, 0.15) is 0 Å². The van der Waals surface area contributed by atoms with Gasteiger partial charge in [0.1, 0.15) is 5.82 Å². The highest BCUT2D eigenvalue weighted by Crippen LogP contribution is 2.53. The van der Waals surface area contributed by atoms with Gasteiger partial charge in [0.25, 0.3) is 0 Å². The standard InChI is InChI=1S/C45H27N3S/c1-2-13-28(14-3-1)45-46-36-20-12-23-39-44(36)48(45)38-22-10-9-21-37(38)47(39)43-34-18-6-4-16-32(34)42(33-17-5-7-19-35(33)43)29-25-26-31-30-15-8-11-24-40(30)49-41(31)27-29/h1-27H. The molecule has 0 amide bonds. The number of rotatable bonds is 3. The Morgan fingerprint density at radius 2 is 1.04 bits per heavy atom. The molecule has 49 heavy (non-hydrogen) atoms. The van der Waals surface area contributed by atoms with Crippen LogP contribution in [0.15, 0.2) is 164 Å². The van der Waals surface area contributed by atoms with E-state index in [2.05, 4.69) is 173 Å². The molecule has 0 N–H and O–H groups in total. The minimum absolute atomic E-state index is 0.955. The van der Waals surface area contributed by atoms with Crippen LogP contribution in [0.5, 0.6) is 0 Å². The van der Waals surface area contributed by atoms with Crippen LogP contribution in [0.3, 0.4) is 0 Å². The highest BCUT2D eigenvalue weighted by Gasteiger charge is 2.31. The number of hydrogen-bond donors (Lipinski definition) is 0. The number of hydrogen-bond acceptors (Lipinski definition) is 3. The molecule has 10 aromatic rings. The molecule has 4 heteroatoms. The molecule has 228 valence electrons. The molecular formula is C45H27N3S. The number of fused-ring (bicyclic) bond motifs is 7. The molecule has 0 saturated heterocycles. The number of para-hydroxylation sites is 3. The maximum absolute atomic E-state index is 5.24. The van der Waals surface area contributed by atoms with Crippen molar-refractivity contribution < 1.29 is 0 Å². The Labute approximate surface area is 286 Å². The van der Waals surface area contributed by atoms with Crippen molar-refractivity contribution in [3.05, 3.63) is 164 Å². The fourth-order valence-electron chi connectivity index (χ4n) is 8.06. The largest absolute Gasteiger partial charge is 0.305 e. The lowest BCUT2D eigenvalue weighted by Crippen LogP contribution is -2.19. The zero-order valence-corrected chi connectivity index (χ0v) is 27.2. The molecule has 3 nitrogen and oxygen atoms in total. The van der Waals surface area contributed by atoms with Gasteiger partial charge in [-0.3, -0.25) is 4.57 Å². The first-order chi connectivity index (χ1) is 24.3. The SMILES string of the molecule is c1ccc(-c2nc3cccc4c3n2-c2ccccc2N4c2c3ccccc3c(-c3ccc4c(c3)sc3ccccc34)c3ccccc23)cc1.